The molecular formula is C24H20F6N2OS2. The van der Waals surface area contributed by atoms with Gasteiger partial charge in [0, 0.05) is 17.5 Å². The van der Waals surface area contributed by atoms with Gasteiger partial charge < -0.3 is 5.32 Å². The van der Waals surface area contributed by atoms with Gasteiger partial charge in [-0.1, -0.05) is 31.3 Å². The lowest BCUT2D eigenvalue weighted by Gasteiger charge is -2.20. The molecule has 0 aliphatic heterocycles. The molecule has 186 valence electrons. The maximum Gasteiger partial charge on any atom is 0.416 e. The van der Waals surface area contributed by atoms with Gasteiger partial charge in [0.05, 0.1) is 16.6 Å². The molecule has 0 aliphatic rings. The van der Waals surface area contributed by atoms with E-state index in [0.717, 1.165) is 17.7 Å². The number of halogens is 6. The number of nitrogens with one attached hydrogen (secondary N) is 1. The average Bonchev–Trinajstić information content (AvgIpc) is 3.32. The predicted molar refractivity (Wildman–Crippen MR) is 127 cm³/mol. The second-order valence-corrected chi connectivity index (χ2v) is 9.18. The Hall–Kier alpha value is -2.79. The van der Waals surface area contributed by atoms with Crippen LogP contribution in [-0.4, -0.2) is 15.8 Å². The van der Waals surface area contributed by atoms with Crippen molar-refractivity contribution in [2.24, 2.45) is 0 Å². The molecule has 0 saturated heterocycles. The molecular weight excluding hydrogens is 510 g/mol. The average molecular weight is 531 g/mol. The van der Waals surface area contributed by atoms with Gasteiger partial charge in [-0.25, -0.2) is 4.98 Å². The minimum Gasteiger partial charge on any atom is -0.321 e. The number of carbonyl (C=O) groups excluding carboxylic acids is 1. The highest BCUT2D eigenvalue weighted by molar-refractivity contribution is 7.80. The number of thiazole rings is 1. The van der Waals surface area contributed by atoms with Gasteiger partial charge in [-0.15, -0.1) is 11.3 Å². The van der Waals surface area contributed by atoms with Crippen molar-refractivity contribution in [3.8, 4) is 0 Å². The molecule has 2 aromatic carbocycles. The molecule has 1 atom stereocenters. The first-order chi connectivity index (χ1) is 16.4. The van der Waals surface area contributed by atoms with Crippen molar-refractivity contribution >= 4 is 40.0 Å². The van der Waals surface area contributed by atoms with Crippen molar-refractivity contribution in [2.45, 2.75) is 44.5 Å². The normalized spacial score (nSPS) is 12.9. The number of nitrogens with zero attached hydrogens (tertiary/aromatic N) is 1. The minimum atomic E-state index is -4.90. The first-order valence-corrected chi connectivity index (χ1v) is 11.8. The van der Waals surface area contributed by atoms with Gasteiger partial charge in [-0.3, -0.25) is 4.79 Å². The maximum atomic E-state index is 13.2. The maximum absolute atomic E-state index is 13.2. The SMILES string of the molecule is CCC(CC(=S)Cc1ccc(NC(=O)c2cscn2)cc1)c1cc(C(F)(F)F)cc(C(F)(F)F)c1. The zero-order valence-electron chi connectivity index (χ0n) is 18.3. The van der Waals surface area contributed by atoms with E-state index >= 15 is 0 Å². The largest absolute Gasteiger partial charge is 0.416 e. The Balaban J connectivity index is 1.70. The Bertz CT molecular complexity index is 1140. The summed E-state index contributed by atoms with van der Waals surface area (Å²) in [6.45, 7) is 1.70. The van der Waals surface area contributed by atoms with Crippen LogP contribution in [0, 0.1) is 0 Å². The van der Waals surface area contributed by atoms with Gasteiger partial charge in [0.15, 0.2) is 0 Å². The van der Waals surface area contributed by atoms with E-state index in [2.05, 4.69) is 10.3 Å². The lowest BCUT2D eigenvalue weighted by atomic mass is 9.88. The molecule has 1 unspecified atom stereocenters. The third-order valence-electron chi connectivity index (χ3n) is 5.33. The molecule has 35 heavy (non-hydrogen) atoms. The molecule has 3 aromatic rings. The molecule has 1 aromatic heterocycles. The molecule has 0 aliphatic carbocycles. The van der Waals surface area contributed by atoms with E-state index in [4.69, 9.17) is 12.2 Å². The van der Waals surface area contributed by atoms with E-state index in [1.807, 2.05) is 0 Å². The molecule has 3 rings (SSSR count). The summed E-state index contributed by atoms with van der Waals surface area (Å²) < 4.78 is 79.3. The number of hydrogen-bond acceptors (Lipinski definition) is 4. The van der Waals surface area contributed by atoms with Gasteiger partial charge in [-0.05, 0) is 65.1 Å². The second-order valence-electron chi connectivity index (χ2n) is 7.89. The third kappa shape index (κ3) is 7.35. The summed E-state index contributed by atoms with van der Waals surface area (Å²) in [5, 5.41) is 4.33. The molecule has 1 heterocycles. The summed E-state index contributed by atoms with van der Waals surface area (Å²) in [5.74, 6) is -0.942. The van der Waals surface area contributed by atoms with Crippen LogP contribution in [0.5, 0.6) is 0 Å². The summed E-state index contributed by atoms with van der Waals surface area (Å²) >= 11 is 6.73. The fourth-order valence-electron chi connectivity index (χ4n) is 3.51. The van der Waals surface area contributed by atoms with Gasteiger partial charge in [-0.2, -0.15) is 26.3 Å². The number of carbonyl (C=O) groups is 1. The van der Waals surface area contributed by atoms with Crippen LogP contribution in [0.1, 0.15) is 58.4 Å². The quantitative estimate of drug-likeness (QED) is 0.238. The number of thiocarbonyl (C=S) groups is 1. The van der Waals surface area contributed by atoms with E-state index in [9.17, 15) is 31.1 Å². The van der Waals surface area contributed by atoms with Crippen molar-refractivity contribution in [3.63, 3.8) is 0 Å². The van der Waals surface area contributed by atoms with Crippen LogP contribution < -0.4 is 5.32 Å². The van der Waals surface area contributed by atoms with Crippen molar-refractivity contribution in [1.82, 2.24) is 4.98 Å². The summed E-state index contributed by atoms with van der Waals surface area (Å²) in [6, 6.07) is 8.52. The Morgan fingerprint density at radius 3 is 2.11 bits per heavy atom. The summed E-state index contributed by atoms with van der Waals surface area (Å²) in [6.07, 6.45) is -9.00. The molecule has 0 spiro atoms. The topological polar surface area (TPSA) is 42.0 Å². The zero-order valence-corrected chi connectivity index (χ0v) is 20.0. The van der Waals surface area contributed by atoms with Crippen molar-refractivity contribution in [2.75, 3.05) is 5.32 Å². The molecule has 0 bridgehead atoms. The fraction of sp³-hybridized carbons (Fsp3) is 0.292. The van der Waals surface area contributed by atoms with Crippen molar-refractivity contribution in [3.05, 3.63) is 81.3 Å². The second kappa shape index (κ2) is 10.9. The smallest absolute Gasteiger partial charge is 0.321 e. The third-order valence-corrected chi connectivity index (χ3v) is 6.22. The number of alkyl halides is 6. The number of benzene rings is 2. The van der Waals surface area contributed by atoms with Crippen LogP contribution in [0.2, 0.25) is 0 Å². The number of aromatic nitrogens is 1. The van der Waals surface area contributed by atoms with Gasteiger partial charge in [0.2, 0.25) is 0 Å². The molecule has 0 saturated carbocycles. The highest BCUT2D eigenvalue weighted by atomic mass is 32.1. The van der Waals surface area contributed by atoms with Crippen LogP contribution in [0.3, 0.4) is 0 Å². The van der Waals surface area contributed by atoms with Crippen molar-refractivity contribution < 1.29 is 31.1 Å². The molecule has 1 amide bonds. The number of rotatable bonds is 8. The van der Waals surface area contributed by atoms with E-state index in [1.165, 1.54) is 11.3 Å². The molecule has 11 heteroatoms. The Kier molecular flexibility index (Phi) is 8.32. The first kappa shape index (κ1) is 26.8. The lowest BCUT2D eigenvalue weighted by molar-refractivity contribution is -0.143. The van der Waals surface area contributed by atoms with E-state index in [1.54, 1.807) is 42.1 Å². The van der Waals surface area contributed by atoms with Gasteiger partial charge >= 0.3 is 12.4 Å². The molecule has 3 nitrogen and oxygen atoms in total. The minimum absolute atomic E-state index is 0.0444. The monoisotopic (exact) mass is 530 g/mol. The first-order valence-electron chi connectivity index (χ1n) is 10.5. The predicted octanol–water partition coefficient (Wildman–Crippen LogP) is 7.93. The highest BCUT2D eigenvalue weighted by Crippen LogP contribution is 2.39. The molecule has 0 radical (unpaired) electrons. The lowest BCUT2D eigenvalue weighted by Crippen LogP contribution is -2.14. The number of amides is 1. The van der Waals surface area contributed by atoms with Gasteiger partial charge in [0.1, 0.15) is 5.69 Å². The zero-order chi connectivity index (χ0) is 25.8. The number of hydrogen-bond donors (Lipinski definition) is 1. The van der Waals surface area contributed by atoms with E-state index < -0.39 is 29.4 Å². The summed E-state index contributed by atoms with van der Waals surface area (Å²) in [7, 11) is 0. The van der Waals surface area contributed by atoms with Crippen LogP contribution >= 0.6 is 23.6 Å². The van der Waals surface area contributed by atoms with Crippen LogP contribution in [-0.2, 0) is 18.8 Å². The van der Waals surface area contributed by atoms with Crippen LogP contribution in [0.4, 0.5) is 32.0 Å². The summed E-state index contributed by atoms with van der Waals surface area (Å²) in [5.41, 5.74) is 0.491. The summed E-state index contributed by atoms with van der Waals surface area (Å²) in [4.78, 5) is 16.5. The number of anilines is 1. The fourth-order valence-corrected chi connectivity index (χ4v) is 4.41. The Morgan fingerprint density at radius 1 is 1.03 bits per heavy atom. The van der Waals surface area contributed by atoms with Gasteiger partial charge in [0.25, 0.3) is 5.91 Å². The van der Waals surface area contributed by atoms with Crippen LogP contribution in [0.15, 0.2) is 53.4 Å². The standard InChI is InChI=1S/C24H20F6N2OS2/c1-2-15(16-8-17(23(25,26)27)11-18(9-16)24(28,29)30)10-20(34)7-14-3-5-19(6-4-14)32-22(33)21-12-35-13-31-21/h3-6,8-9,11-13,15H,2,7,10H2,1H3,(H,32,33). The van der Waals surface area contributed by atoms with Crippen molar-refractivity contribution in [1.29, 1.82) is 0 Å². The Morgan fingerprint density at radius 2 is 1.63 bits per heavy atom. The van der Waals surface area contributed by atoms with E-state index in [-0.39, 0.29) is 24.0 Å². The molecule has 0 fully saturated rings. The Labute approximate surface area is 207 Å². The molecule has 1 N–H and O–H groups in total. The highest BCUT2D eigenvalue weighted by Gasteiger charge is 2.37. The van der Waals surface area contributed by atoms with E-state index in [0.29, 0.717) is 29.1 Å². The van der Waals surface area contributed by atoms with Crippen LogP contribution in [0.25, 0.3) is 0 Å².